The minimum atomic E-state index is -3.53. The zero-order valence-electron chi connectivity index (χ0n) is 17.7. The lowest BCUT2D eigenvalue weighted by Gasteiger charge is -2.57. The van der Waals surface area contributed by atoms with Crippen molar-refractivity contribution in [2.75, 3.05) is 23.7 Å². The van der Waals surface area contributed by atoms with E-state index in [-0.39, 0.29) is 12.5 Å². The molecule has 1 aromatic carbocycles. The zero-order valence-corrected chi connectivity index (χ0v) is 18.5. The molecule has 0 aliphatic heterocycles. The fraction of sp³-hybridized carbons (Fsp3) is 0.696. The number of hydrogen-bond acceptors (Lipinski definition) is 3. The van der Waals surface area contributed by atoms with Gasteiger partial charge in [0.1, 0.15) is 6.54 Å². The van der Waals surface area contributed by atoms with Crippen LogP contribution in [0.15, 0.2) is 24.3 Å². The quantitative estimate of drug-likeness (QED) is 0.653. The van der Waals surface area contributed by atoms with Crippen LogP contribution in [0.2, 0.25) is 0 Å². The Balaban J connectivity index is 1.51. The van der Waals surface area contributed by atoms with Crippen LogP contribution in [0.25, 0.3) is 0 Å². The van der Waals surface area contributed by atoms with Gasteiger partial charge in [-0.15, -0.1) is 0 Å². The van der Waals surface area contributed by atoms with Crippen molar-refractivity contribution in [2.24, 2.45) is 17.8 Å². The second-order valence-electron chi connectivity index (χ2n) is 9.72. The number of nitrogens with one attached hydrogen (secondary N) is 1. The van der Waals surface area contributed by atoms with E-state index in [9.17, 15) is 13.2 Å². The van der Waals surface area contributed by atoms with E-state index in [2.05, 4.69) is 24.4 Å². The van der Waals surface area contributed by atoms with Gasteiger partial charge in [0.2, 0.25) is 15.9 Å². The molecule has 1 amide bonds. The average Bonchev–Trinajstić information content (AvgIpc) is 2.64. The lowest BCUT2D eigenvalue weighted by molar-refractivity contribution is -0.119. The molecular formula is C23H34N2O3S. The monoisotopic (exact) mass is 418 g/mol. The van der Waals surface area contributed by atoms with Gasteiger partial charge >= 0.3 is 0 Å². The van der Waals surface area contributed by atoms with E-state index in [4.69, 9.17) is 0 Å². The Morgan fingerprint density at radius 1 is 1.07 bits per heavy atom. The topological polar surface area (TPSA) is 66.5 Å². The van der Waals surface area contributed by atoms with Crippen LogP contribution in [0.4, 0.5) is 5.69 Å². The average molecular weight is 419 g/mol. The molecule has 5 nitrogen and oxygen atoms in total. The molecule has 0 radical (unpaired) electrons. The molecule has 0 saturated heterocycles. The van der Waals surface area contributed by atoms with E-state index in [1.54, 1.807) is 0 Å². The summed E-state index contributed by atoms with van der Waals surface area (Å²) in [5.41, 5.74) is 2.23. The van der Waals surface area contributed by atoms with Crippen LogP contribution >= 0.6 is 0 Å². The van der Waals surface area contributed by atoms with Crippen molar-refractivity contribution in [3.63, 3.8) is 0 Å². The number of unbranched alkanes of at least 4 members (excludes halogenated alkanes) is 1. The van der Waals surface area contributed by atoms with E-state index in [1.165, 1.54) is 54.6 Å². The van der Waals surface area contributed by atoms with Crippen LogP contribution in [0.1, 0.15) is 63.9 Å². The normalized spacial score (nSPS) is 30.3. The van der Waals surface area contributed by atoms with Gasteiger partial charge in [0.25, 0.3) is 0 Å². The predicted octanol–water partition coefficient (Wildman–Crippen LogP) is 3.84. The van der Waals surface area contributed by atoms with Crippen LogP contribution < -0.4 is 9.62 Å². The number of benzene rings is 1. The minimum Gasteiger partial charge on any atom is -0.355 e. The van der Waals surface area contributed by atoms with Crippen LogP contribution in [-0.2, 0) is 20.2 Å². The van der Waals surface area contributed by atoms with Crippen molar-refractivity contribution < 1.29 is 13.2 Å². The number of carbonyl (C=O) groups excluding carboxylic acids is 1. The van der Waals surface area contributed by atoms with Crippen molar-refractivity contribution in [1.29, 1.82) is 0 Å². The van der Waals surface area contributed by atoms with Gasteiger partial charge in [-0.1, -0.05) is 25.5 Å². The highest BCUT2D eigenvalue weighted by Crippen LogP contribution is 2.60. The second-order valence-corrected chi connectivity index (χ2v) is 11.6. The zero-order chi connectivity index (χ0) is 20.6. The Morgan fingerprint density at radius 2 is 1.62 bits per heavy atom. The van der Waals surface area contributed by atoms with Crippen LogP contribution in [0.3, 0.4) is 0 Å². The van der Waals surface area contributed by atoms with Gasteiger partial charge < -0.3 is 5.32 Å². The molecule has 0 spiro atoms. The molecule has 160 valence electrons. The minimum absolute atomic E-state index is 0.167. The van der Waals surface area contributed by atoms with E-state index in [0.29, 0.717) is 17.6 Å². The van der Waals surface area contributed by atoms with Crippen molar-refractivity contribution >= 4 is 21.6 Å². The molecule has 4 aliphatic carbocycles. The lowest BCUT2D eigenvalue weighted by Crippen LogP contribution is -2.48. The van der Waals surface area contributed by atoms with Gasteiger partial charge in [-0.05, 0) is 85.8 Å². The first-order valence-electron chi connectivity index (χ1n) is 11.1. The highest BCUT2D eigenvalue weighted by atomic mass is 32.2. The van der Waals surface area contributed by atoms with Gasteiger partial charge in [0.05, 0.1) is 11.9 Å². The Hall–Kier alpha value is -1.56. The summed E-state index contributed by atoms with van der Waals surface area (Å²) in [6.45, 7) is 2.47. The fourth-order valence-corrected chi connectivity index (χ4v) is 7.29. The van der Waals surface area contributed by atoms with E-state index in [0.717, 1.165) is 30.6 Å². The summed E-state index contributed by atoms with van der Waals surface area (Å²) < 4.78 is 25.9. The summed E-state index contributed by atoms with van der Waals surface area (Å²) in [4.78, 5) is 12.2. The van der Waals surface area contributed by atoms with Gasteiger partial charge in [-0.3, -0.25) is 9.10 Å². The van der Waals surface area contributed by atoms with Crippen LogP contribution in [0, 0.1) is 17.8 Å². The number of rotatable bonds is 8. The molecule has 4 aliphatic rings. The third-order valence-corrected chi connectivity index (χ3v) is 8.49. The summed E-state index contributed by atoms with van der Waals surface area (Å²) >= 11 is 0. The van der Waals surface area contributed by atoms with Crippen LogP contribution in [-0.4, -0.2) is 33.7 Å². The second kappa shape index (κ2) is 7.93. The molecule has 1 aromatic rings. The molecule has 29 heavy (non-hydrogen) atoms. The number of amides is 1. The molecular weight excluding hydrogens is 384 g/mol. The highest BCUT2D eigenvalue weighted by molar-refractivity contribution is 7.92. The maximum Gasteiger partial charge on any atom is 0.240 e. The van der Waals surface area contributed by atoms with Gasteiger partial charge in [-0.2, -0.15) is 0 Å². The molecule has 4 fully saturated rings. The van der Waals surface area contributed by atoms with Gasteiger partial charge in [-0.25, -0.2) is 8.42 Å². The van der Waals surface area contributed by atoms with Crippen molar-refractivity contribution in [2.45, 2.75) is 63.7 Å². The Labute approximate surface area is 175 Å². The third-order valence-electron chi connectivity index (χ3n) is 7.35. The largest absolute Gasteiger partial charge is 0.355 e. The first kappa shape index (κ1) is 20.7. The smallest absolute Gasteiger partial charge is 0.240 e. The Kier molecular flexibility index (Phi) is 5.66. The number of anilines is 1. The molecule has 4 saturated carbocycles. The molecule has 0 atom stereocenters. The molecule has 1 N–H and O–H groups in total. The molecule has 0 aromatic heterocycles. The first-order chi connectivity index (χ1) is 13.8. The van der Waals surface area contributed by atoms with Crippen LogP contribution in [0.5, 0.6) is 0 Å². The summed E-state index contributed by atoms with van der Waals surface area (Å²) in [6.07, 6.45) is 11.1. The third kappa shape index (κ3) is 4.32. The van der Waals surface area contributed by atoms with Crippen molar-refractivity contribution in [3.05, 3.63) is 29.8 Å². The van der Waals surface area contributed by atoms with Crippen molar-refractivity contribution in [1.82, 2.24) is 5.32 Å². The number of sulfonamides is 1. The SMILES string of the molecule is CCCCNC(=O)CN(c1ccc(C23CC4CC(CC(C4)C2)C3)cc1)S(C)(=O)=O. The summed E-state index contributed by atoms with van der Waals surface area (Å²) in [6, 6.07) is 8.04. The summed E-state index contributed by atoms with van der Waals surface area (Å²) in [5.74, 6) is 2.37. The maximum absolute atomic E-state index is 12.3. The lowest BCUT2D eigenvalue weighted by atomic mass is 9.48. The van der Waals surface area contributed by atoms with Gasteiger partial charge in [0.15, 0.2) is 0 Å². The molecule has 5 rings (SSSR count). The number of nitrogens with zero attached hydrogens (tertiary/aromatic N) is 1. The Morgan fingerprint density at radius 3 is 2.10 bits per heavy atom. The van der Waals surface area contributed by atoms with Gasteiger partial charge in [0, 0.05) is 6.54 Å². The molecule has 0 heterocycles. The van der Waals surface area contributed by atoms with E-state index in [1.807, 2.05) is 12.1 Å². The summed E-state index contributed by atoms with van der Waals surface area (Å²) in [7, 11) is -3.53. The number of carbonyl (C=O) groups is 1. The first-order valence-corrected chi connectivity index (χ1v) is 13.0. The number of hydrogen-bond donors (Lipinski definition) is 1. The summed E-state index contributed by atoms with van der Waals surface area (Å²) in [5, 5.41) is 2.81. The van der Waals surface area contributed by atoms with Crippen molar-refractivity contribution in [3.8, 4) is 0 Å². The van der Waals surface area contributed by atoms with E-state index >= 15 is 0 Å². The molecule has 6 heteroatoms. The van der Waals surface area contributed by atoms with E-state index < -0.39 is 10.0 Å². The fourth-order valence-electron chi connectivity index (χ4n) is 6.44. The maximum atomic E-state index is 12.3. The molecule has 4 bridgehead atoms. The predicted molar refractivity (Wildman–Crippen MR) is 116 cm³/mol. The highest BCUT2D eigenvalue weighted by Gasteiger charge is 2.51. The Bertz CT molecular complexity index is 812. The standard InChI is InChI=1S/C23H34N2O3S/c1-3-4-9-24-22(26)16-25(29(2,27)28)21-7-5-20(6-8-21)23-13-17-10-18(14-23)12-19(11-17)15-23/h5-8,17-19H,3-4,9-16H2,1-2H3,(H,24,26). The molecule has 0 unspecified atom stereocenters.